The number of fused-ring (bicyclic) bond motifs is 6. The molecule has 0 unspecified atom stereocenters. The van der Waals surface area contributed by atoms with Crippen LogP contribution in [0.3, 0.4) is 0 Å². The maximum Gasteiger partial charge on any atom is 0.164 e. The summed E-state index contributed by atoms with van der Waals surface area (Å²) in [6, 6.07) is 73.3. The molecule has 0 fully saturated rings. The van der Waals surface area contributed by atoms with Crippen LogP contribution in [0.4, 0.5) is 0 Å². The van der Waals surface area contributed by atoms with Gasteiger partial charge in [-0.2, -0.15) is 0 Å². The van der Waals surface area contributed by atoms with Gasteiger partial charge in [-0.25, -0.2) is 15.0 Å². The highest BCUT2D eigenvalue weighted by Crippen LogP contribution is 2.44. The van der Waals surface area contributed by atoms with Gasteiger partial charge >= 0.3 is 0 Å². The first-order valence-corrected chi connectivity index (χ1v) is 20.8. The van der Waals surface area contributed by atoms with E-state index in [2.05, 4.69) is 182 Å². The second-order valence-corrected chi connectivity index (χ2v) is 15.5. The van der Waals surface area contributed by atoms with E-state index in [4.69, 9.17) is 23.8 Å². The Morgan fingerprint density at radius 2 is 0.742 bits per heavy atom. The standard InChI is InChI=1S/C57H35N3O2/c1-3-14-36(15-4-1)38-28-30-39(31-29-38)55-58-56(41-19-11-18-40(34-41)37-16-5-2-6-17-37)60-57(59-55)42-32-33-45-48-25-12-24-47(54(48)62-52(45)35-42)44-21-8-7-20-43(44)46-23-13-27-51-53(46)49-22-9-10-26-50(49)61-51/h1-35H. The van der Waals surface area contributed by atoms with Crippen LogP contribution in [0.15, 0.2) is 221 Å². The van der Waals surface area contributed by atoms with Crippen molar-refractivity contribution in [3.8, 4) is 78.7 Å². The molecular formula is C57H35N3O2. The lowest BCUT2D eigenvalue weighted by Gasteiger charge is -2.12. The van der Waals surface area contributed by atoms with E-state index in [1.54, 1.807) is 0 Å². The normalized spacial score (nSPS) is 11.5. The Bertz CT molecular complexity index is 3630. The van der Waals surface area contributed by atoms with E-state index in [1.165, 1.54) is 0 Å². The van der Waals surface area contributed by atoms with Crippen molar-refractivity contribution in [3.63, 3.8) is 0 Å². The fraction of sp³-hybridized carbons (Fsp3) is 0. The molecule has 0 aliphatic heterocycles. The van der Waals surface area contributed by atoms with Gasteiger partial charge in [0.2, 0.25) is 0 Å². The SMILES string of the molecule is c1ccc(-c2ccc(-c3nc(-c4cccc(-c5ccccc5)c4)nc(-c4ccc5c(c4)oc4c(-c6ccccc6-c6cccc7oc8ccccc8c67)cccc45)n3)cc2)cc1. The Morgan fingerprint density at radius 1 is 0.258 bits per heavy atom. The fourth-order valence-electron chi connectivity index (χ4n) is 8.78. The number of benzene rings is 9. The summed E-state index contributed by atoms with van der Waals surface area (Å²) in [6.45, 7) is 0. The van der Waals surface area contributed by atoms with Crippen LogP contribution in [0, 0.1) is 0 Å². The molecule has 3 aromatic heterocycles. The summed E-state index contributed by atoms with van der Waals surface area (Å²) in [4.78, 5) is 15.4. The van der Waals surface area contributed by atoms with Crippen molar-refractivity contribution in [2.75, 3.05) is 0 Å². The van der Waals surface area contributed by atoms with E-state index in [1.807, 2.05) is 30.3 Å². The molecule has 9 aromatic carbocycles. The molecule has 3 heterocycles. The van der Waals surface area contributed by atoms with Crippen LogP contribution >= 0.6 is 0 Å². The van der Waals surface area contributed by atoms with Crippen molar-refractivity contribution in [2.24, 2.45) is 0 Å². The van der Waals surface area contributed by atoms with Crippen LogP contribution in [-0.4, -0.2) is 15.0 Å². The lowest BCUT2D eigenvalue weighted by Crippen LogP contribution is -2.00. The Hall–Kier alpha value is -8.41. The monoisotopic (exact) mass is 793 g/mol. The van der Waals surface area contributed by atoms with E-state index >= 15 is 0 Å². The third kappa shape index (κ3) is 6.14. The average molecular weight is 794 g/mol. The maximum absolute atomic E-state index is 6.89. The zero-order valence-corrected chi connectivity index (χ0v) is 33.4. The highest BCUT2D eigenvalue weighted by atomic mass is 16.3. The molecule has 0 saturated carbocycles. The van der Waals surface area contributed by atoms with E-state index in [0.29, 0.717) is 17.5 Å². The Balaban J connectivity index is 0.991. The molecule has 0 aliphatic rings. The van der Waals surface area contributed by atoms with Gasteiger partial charge in [-0.1, -0.05) is 182 Å². The minimum atomic E-state index is 0.565. The first kappa shape index (κ1) is 35.5. The summed E-state index contributed by atoms with van der Waals surface area (Å²) in [7, 11) is 0. The molecular weight excluding hydrogens is 759 g/mol. The van der Waals surface area contributed by atoms with Gasteiger partial charge < -0.3 is 8.83 Å². The van der Waals surface area contributed by atoms with Gasteiger partial charge in [0, 0.05) is 43.8 Å². The molecule has 0 atom stereocenters. The molecule has 290 valence electrons. The van der Waals surface area contributed by atoms with Crippen LogP contribution < -0.4 is 0 Å². The molecule has 0 bridgehead atoms. The molecule has 0 saturated heterocycles. The Kier molecular flexibility index (Phi) is 8.42. The zero-order chi connectivity index (χ0) is 41.0. The van der Waals surface area contributed by atoms with Gasteiger partial charge in [-0.05, 0) is 69.3 Å². The van der Waals surface area contributed by atoms with Crippen molar-refractivity contribution in [1.82, 2.24) is 15.0 Å². The number of rotatable bonds is 7. The van der Waals surface area contributed by atoms with Crippen LogP contribution in [0.5, 0.6) is 0 Å². The van der Waals surface area contributed by atoms with Gasteiger partial charge in [-0.3, -0.25) is 0 Å². The van der Waals surface area contributed by atoms with Crippen LogP contribution in [0.1, 0.15) is 0 Å². The molecule has 0 N–H and O–H groups in total. The minimum Gasteiger partial charge on any atom is -0.456 e. The third-order valence-corrected chi connectivity index (χ3v) is 11.8. The molecule has 12 aromatic rings. The maximum atomic E-state index is 6.89. The molecule has 0 spiro atoms. The number of para-hydroxylation sites is 2. The summed E-state index contributed by atoms with van der Waals surface area (Å²) < 4.78 is 13.2. The molecule has 0 amide bonds. The van der Waals surface area contributed by atoms with E-state index < -0.39 is 0 Å². The number of nitrogens with zero attached hydrogens (tertiary/aromatic N) is 3. The van der Waals surface area contributed by atoms with Crippen LogP contribution in [0.25, 0.3) is 123 Å². The second kappa shape index (κ2) is 14.7. The lowest BCUT2D eigenvalue weighted by molar-refractivity contribution is 0.669. The van der Waals surface area contributed by atoms with Gasteiger partial charge in [0.1, 0.15) is 22.3 Å². The smallest absolute Gasteiger partial charge is 0.164 e. The topological polar surface area (TPSA) is 65.0 Å². The van der Waals surface area contributed by atoms with Crippen molar-refractivity contribution in [3.05, 3.63) is 212 Å². The highest BCUT2D eigenvalue weighted by molar-refractivity contribution is 6.15. The summed E-state index contributed by atoms with van der Waals surface area (Å²) in [5.41, 5.74) is 14.8. The summed E-state index contributed by atoms with van der Waals surface area (Å²) in [6.07, 6.45) is 0. The van der Waals surface area contributed by atoms with Gasteiger partial charge in [0.05, 0.1) is 0 Å². The molecule has 5 nitrogen and oxygen atoms in total. The van der Waals surface area contributed by atoms with Crippen LogP contribution in [-0.2, 0) is 0 Å². The minimum absolute atomic E-state index is 0.565. The Labute approximate surface area is 357 Å². The first-order chi connectivity index (χ1) is 30.7. The molecule has 5 heteroatoms. The van der Waals surface area contributed by atoms with Crippen molar-refractivity contribution < 1.29 is 8.83 Å². The highest BCUT2D eigenvalue weighted by Gasteiger charge is 2.20. The lowest BCUT2D eigenvalue weighted by atomic mass is 9.91. The van der Waals surface area contributed by atoms with Crippen molar-refractivity contribution in [2.45, 2.75) is 0 Å². The van der Waals surface area contributed by atoms with Crippen molar-refractivity contribution >= 4 is 43.9 Å². The van der Waals surface area contributed by atoms with Crippen LogP contribution in [0.2, 0.25) is 0 Å². The van der Waals surface area contributed by atoms with Gasteiger partial charge in [0.25, 0.3) is 0 Å². The first-order valence-electron chi connectivity index (χ1n) is 20.8. The predicted octanol–water partition coefficient (Wildman–Crippen LogP) is 15.3. The third-order valence-electron chi connectivity index (χ3n) is 11.8. The molecule has 0 aliphatic carbocycles. The molecule has 0 radical (unpaired) electrons. The van der Waals surface area contributed by atoms with Gasteiger partial charge in [0.15, 0.2) is 17.5 Å². The number of hydrogen-bond donors (Lipinski definition) is 0. The van der Waals surface area contributed by atoms with E-state index in [0.717, 1.165) is 105 Å². The summed E-state index contributed by atoms with van der Waals surface area (Å²) in [5.74, 6) is 1.76. The summed E-state index contributed by atoms with van der Waals surface area (Å²) >= 11 is 0. The largest absolute Gasteiger partial charge is 0.456 e. The van der Waals surface area contributed by atoms with Gasteiger partial charge in [-0.15, -0.1) is 0 Å². The summed E-state index contributed by atoms with van der Waals surface area (Å²) in [5, 5.41) is 4.26. The average Bonchev–Trinajstić information content (AvgIpc) is 3.93. The number of hydrogen-bond acceptors (Lipinski definition) is 5. The second-order valence-electron chi connectivity index (χ2n) is 15.5. The molecule has 62 heavy (non-hydrogen) atoms. The molecule has 12 rings (SSSR count). The quantitative estimate of drug-likeness (QED) is 0.161. The number of aromatic nitrogens is 3. The van der Waals surface area contributed by atoms with E-state index in [-0.39, 0.29) is 0 Å². The zero-order valence-electron chi connectivity index (χ0n) is 33.4. The predicted molar refractivity (Wildman–Crippen MR) is 252 cm³/mol. The fourth-order valence-corrected chi connectivity index (χ4v) is 8.78. The number of furan rings is 2. The van der Waals surface area contributed by atoms with E-state index in [9.17, 15) is 0 Å². The Morgan fingerprint density at radius 3 is 1.52 bits per heavy atom. The van der Waals surface area contributed by atoms with Crippen molar-refractivity contribution in [1.29, 1.82) is 0 Å².